The maximum Gasteiger partial charge on any atom is 0.341 e. The van der Waals surface area contributed by atoms with Crippen LogP contribution in [0.4, 0.5) is 5.00 Å². The summed E-state index contributed by atoms with van der Waals surface area (Å²) in [6.07, 6.45) is 1.21. The molecular formula is C21H23NO6S. The van der Waals surface area contributed by atoms with Gasteiger partial charge < -0.3 is 19.5 Å². The van der Waals surface area contributed by atoms with Gasteiger partial charge in [0.1, 0.15) is 10.8 Å². The molecule has 2 aromatic rings. The maximum atomic E-state index is 12.4. The minimum atomic E-state index is -0.594. The molecule has 3 rings (SSSR count). The predicted octanol–water partition coefficient (Wildman–Crippen LogP) is 3.37. The van der Waals surface area contributed by atoms with Crippen LogP contribution in [0.15, 0.2) is 18.2 Å². The van der Waals surface area contributed by atoms with Gasteiger partial charge >= 0.3 is 11.9 Å². The van der Waals surface area contributed by atoms with Crippen molar-refractivity contribution < 1.29 is 28.6 Å². The van der Waals surface area contributed by atoms with E-state index in [1.165, 1.54) is 25.6 Å². The lowest BCUT2D eigenvalue weighted by atomic mass is 9.99. The van der Waals surface area contributed by atoms with Gasteiger partial charge in [-0.2, -0.15) is 0 Å². The molecule has 1 heterocycles. The molecule has 0 radical (unpaired) electrons. The average Bonchev–Trinajstić information content (AvgIpc) is 3.26. The van der Waals surface area contributed by atoms with Gasteiger partial charge in [-0.15, -0.1) is 11.3 Å². The second-order valence-electron chi connectivity index (χ2n) is 6.83. The van der Waals surface area contributed by atoms with E-state index in [1.807, 2.05) is 26.0 Å². The summed E-state index contributed by atoms with van der Waals surface area (Å²) in [5.41, 5.74) is 3.02. The van der Waals surface area contributed by atoms with E-state index in [0.717, 1.165) is 16.0 Å². The lowest BCUT2D eigenvalue weighted by molar-refractivity contribution is -0.142. The number of amides is 1. The largest absolute Gasteiger partial charge is 0.484 e. The second kappa shape index (κ2) is 8.65. The number of benzene rings is 1. The molecule has 1 aliphatic carbocycles. The van der Waals surface area contributed by atoms with Gasteiger partial charge in [0.2, 0.25) is 0 Å². The van der Waals surface area contributed by atoms with Gasteiger partial charge in [-0.1, -0.05) is 6.07 Å². The summed E-state index contributed by atoms with van der Waals surface area (Å²) >= 11 is 1.28. The van der Waals surface area contributed by atoms with E-state index in [1.54, 1.807) is 6.07 Å². The second-order valence-corrected chi connectivity index (χ2v) is 7.94. The number of rotatable bonds is 6. The van der Waals surface area contributed by atoms with E-state index >= 15 is 0 Å². The van der Waals surface area contributed by atoms with Gasteiger partial charge in [0, 0.05) is 4.88 Å². The van der Waals surface area contributed by atoms with Crippen LogP contribution in [0.25, 0.3) is 0 Å². The standard InChI is InChI=1S/C21H23NO6S/c1-11-5-6-13(9-12(11)2)28-10-16(23)22-19-18(21(25)27-4)17-14(20(24)26-3)7-8-15(17)29-19/h5-6,9,14H,7-8,10H2,1-4H3,(H,22,23)/t14-/m1/s1. The number of carbonyl (C=O) groups excluding carboxylic acids is 3. The highest BCUT2D eigenvalue weighted by Gasteiger charge is 2.38. The van der Waals surface area contributed by atoms with Gasteiger partial charge in [-0.3, -0.25) is 9.59 Å². The van der Waals surface area contributed by atoms with Crippen LogP contribution in [0, 0.1) is 13.8 Å². The van der Waals surface area contributed by atoms with Gasteiger partial charge in [-0.05, 0) is 55.5 Å². The molecule has 0 bridgehead atoms. The van der Waals surface area contributed by atoms with Gasteiger partial charge in [0.05, 0.1) is 25.7 Å². The monoisotopic (exact) mass is 417 g/mol. The minimum absolute atomic E-state index is 0.202. The summed E-state index contributed by atoms with van der Waals surface area (Å²) in [5.74, 6) is -1.33. The number of thiophene rings is 1. The highest BCUT2D eigenvalue weighted by atomic mass is 32.1. The number of aryl methyl sites for hydroxylation is 3. The van der Waals surface area contributed by atoms with Crippen LogP contribution in [-0.2, 0) is 25.5 Å². The number of esters is 2. The van der Waals surface area contributed by atoms with Crippen LogP contribution in [0.1, 0.15) is 44.3 Å². The SMILES string of the molecule is COC(=O)c1c(NC(=O)COc2ccc(C)c(C)c2)sc2c1[C@H](C(=O)OC)CC2. The summed E-state index contributed by atoms with van der Waals surface area (Å²) in [4.78, 5) is 37.8. The molecule has 1 N–H and O–H groups in total. The number of hydrogen-bond donors (Lipinski definition) is 1. The van der Waals surface area contributed by atoms with Crippen molar-refractivity contribution in [2.45, 2.75) is 32.6 Å². The van der Waals surface area contributed by atoms with Crippen molar-refractivity contribution in [3.05, 3.63) is 45.3 Å². The molecule has 1 amide bonds. The Morgan fingerprint density at radius 2 is 1.90 bits per heavy atom. The van der Waals surface area contributed by atoms with Crippen molar-refractivity contribution in [2.75, 3.05) is 26.1 Å². The normalized spacial score (nSPS) is 14.8. The van der Waals surface area contributed by atoms with E-state index < -0.39 is 23.8 Å². The number of nitrogens with one attached hydrogen (secondary N) is 1. The molecule has 8 heteroatoms. The molecule has 0 spiro atoms. The Hall–Kier alpha value is -2.87. The average molecular weight is 417 g/mol. The third kappa shape index (κ3) is 4.27. The van der Waals surface area contributed by atoms with Gasteiger partial charge in [-0.25, -0.2) is 4.79 Å². The van der Waals surface area contributed by atoms with E-state index in [2.05, 4.69) is 5.32 Å². The molecule has 0 saturated carbocycles. The fraction of sp³-hybridized carbons (Fsp3) is 0.381. The number of hydrogen-bond acceptors (Lipinski definition) is 7. The Morgan fingerprint density at radius 1 is 1.14 bits per heavy atom. The molecule has 0 aliphatic heterocycles. The summed E-state index contributed by atoms with van der Waals surface area (Å²) in [5, 5.41) is 3.10. The summed E-state index contributed by atoms with van der Waals surface area (Å²) in [7, 11) is 2.58. The molecule has 1 aromatic heterocycles. The third-order valence-corrected chi connectivity index (χ3v) is 6.19. The van der Waals surface area contributed by atoms with Crippen molar-refractivity contribution in [3.8, 4) is 5.75 Å². The minimum Gasteiger partial charge on any atom is -0.484 e. The number of anilines is 1. The lowest BCUT2D eigenvalue weighted by Gasteiger charge is -2.12. The Bertz CT molecular complexity index is 964. The first-order chi connectivity index (χ1) is 13.8. The molecule has 0 unspecified atom stereocenters. The van der Waals surface area contributed by atoms with Crippen LogP contribution >= 0.6 is 11.3 Å². The van der Waals surface area contributed by atoms with Crippen LogP contribution in [0.2, 0.25) is 0 Å². The fourth-order valence-electron chi connectivity index (χ4n) is 3.35. The van der Waals surface area contributed by atoms with Crippen molar-refractivity contribution in [2.24, 2.45) is 0 Å². The van der Waals surface area contributed by atoms with E-state index in [0.29, 0.717) is 29.2 Å². The highest BCUT2D eigenvalue weighted by molar-refractivity contribution is 7.17. The Labute approximate surface area is 173 Å². The summed E-state index contributed by atoms with van der Waals surface area (Å²) in [6, 6.07) is 5.59. The predicted molar refractivity (Wildman–Crippen MR) is 109 cm³/mol. The number of ether oxygens (including phenoxy) is 3. The number of methoxy groups -OCH3 is 2. The number of fused-ring (bicyclic) bond motifs is 1. The molecule has 0 fully saturated rings. The Morgan fingerprint density at radius 3 is 2.55 bits per heavy atom. The van der Waals surface area contributed by atoms with Gasteiger partial charge in [0.25, 0.3) is 5.91 Å². The summed E-state index contributed by atoms with van der Waals surface area (Å²) in [6.45, 7) is 3.76. The molecule has 1 atom stereocenters. The molecule has 1 aromatic carbocycles. The molecule has 154 valence electrons. The molecular weight excluding hydrogens is 394 g/mol. The van der Waals surface area contributed by atoms with Crippen molar-refractivity contribution in [3.63, 3.8) is 0 Å². The van der Waals surface area contributed by atoms with E-state index in [-0.39, 0.29) is 12.2 Å². The molecule has 1 aliphatic rings. The zero-order valence-electron chi connectivity index (χ0n) is 16.8. The van der Waals surface area contributed by atoms with Crippen molar-refractivity contribution in [1.82, 2.24) is 0 Å². The number of carbonyl (C=O) groups is 3. The summed E-state index contributed by atoms with van der Waals surface area (Å²) < 4.78 is 15.3. The molecule has 29 heavy (non-hydrogen) atoms. The van der Waals surface area contributed by atoms with Crippen LogP contribution in [0.5, 0.6) is 5.75 Å². The zero-order chi connectivity index (χ0) is 21.1. The quantitative estimate of drug-likeness (QED) is 0.725. The first-order valence-corrected chi connectivity index (χ1v) is 9.99. The van der Waals surface area contributed by atoms with Crippen molar-refractivity contribution >= 4 is 34.2 Å². The van der Waals surface area contributed by atoms with Gasteiger partial charge in [0.15, 0.2) is 6.61 Å². The Kier molecular flexibility index (Phi) is 6.22. The van der Waals surface area contributed by atoms with Crippen molar-refractivity contribution in [1.29, 1.82) is 0 Å². The van der Waals surface area contributed by atoms with E-state index in [4.69, 9.17) is 14.2 Å². The third-order valence-electron chi connectivity index (χ3n) is 5.01. The lowest BCUT2D eigenvalue weighted by Crippen LogP contribution is -2.22. The first kappa shape index (κ1) is 20.9. The van der Waals surface area contributed by atoms with Crippen LogP contribution in [0.3, 0.4) is 0 Å². The maximum absolute atomic E-state index is 12.4. The van der Waals surface area contributed by atoms with E-state index in [9.17, 15) is 14.4 Å². The molecule has 0 saturated heterocycles. The zero-order valence-corrected chi connectivity index (χ0v) is 17.6. The van der Waals surface area contributed by atoms with Crippen LogP contribution in [-0.4, -0.2) is 38.7 Å². The Balaban J connectivity index is 1.78. The fourth-order valence-corrected chi connectivity index (χ4v) is 4.63. The van der Waals surface area contributed by atoms with Crippen LogP contribution < -0.4 is 10.1 Å². The smallest absolute Gasteiger partial charge is 0.341 e. The molecule has 7 nitrogen and oxygen atoms in total. The first-order valence-electron chi connectivity index (χ1n) is 9.17. The topological polar surface area (TPSA) is 90.9 Å². The highest BCUT2D eigenvalue weighted by Crippen LogP contribution is 2.45.